The number of halogens is 2. The highest BCUT2D eigenvalue weighted by atomic mass is 19.1. The molecule has 2 amide bonds. The average Bonchev–Trinajstić information content (AvgIpc) is 2.62. The van der Waals surface area contributed by atoms with Crippen LogP contribution in [0.5, 0.6) is 0 Å². The molecule has 0 aliphatic carbocycles. The number of nitrogens with two attached hydrogens (primary N) is 1. The van der Waals surface area contributed by atoms with E-state index in [4.69, 9.17) is 5.84 Å². The first kappa shape index (κ1) is 14.2. The van der Waals surface area contributed by atoms with Crippen molar-refractivity contribution in [3.8, 4) is 0 Å². The normalized spacial score (nSPS) is 15.6. The zero-order valence-corrected chi connectivity index (χ0v) is 10.6. The lowest BCUT2D eigenvalue weighted by Crippen LogP contribution is -2.34. The van der Waals surface area contributed by atoms with Gasteiger partial charge in [-0.05, 0) is 12.1 Å². The first-order valence-corrected chi connectivity index (χ1v) is 6.04. The van der Waals surface area contributed by atoms with Crippen LogP contribution in [0.25, 0.3) is 0 Å². The Morgan fingerprint density at radius 1 is 1.30 bits per heavy atom. The highest BCUT2D eigenvalue weighted by Gasteiger charge is 2.22. The van der Waals surface area contributed by atoms with Gasteiger partial charge in [0.05, 0.1) is 0 Å². The van der Waals surface area contributed by atoms with Crippen LogP contribution >= 0.6 is 0 Å². The molecule has 6 nitrogen and oxygen atoms in total. The molecular formula is C12H14F2N4O2. The van der Waals surface area contributed by atoms with Gasteiger partial charge in [-0.15, -0.1) is 0 Å². The third-order valence-electron chi connectivity index (χ3n) is 3.03. The van der Waals surface area contributed by atoms with Crippen molar-refractivity contribution in [2.75, 3.05) is 25.1 Å². The van der Waals surface area contributed by atoms with Gasteiger partial charge in [-0.2, -0.15) is 0 Å². The second-order valence-corrected chi connectivity index (χ2v) is 4.35. The van der Waals surface area contributed by atoms with Crippen molar-refractivity contribution in [1.29, 1.82) is 0 Å². The lowest BCUT2D eigenvalue weighted by atomic mass is 10.1. The molecule has 0 atom stereocenters. The molecule has 1 heterocycles. The largest absolute Gasteiger partial charge is 0.354 e. The summed E-state index contributed by atoms with van der Waals surface area (Å²) in [4.78, 5) is 24.7. The molecule has 0 radical (unpaired) electrons. The van der Waals surface area contributed by atoms with Gasteiger partial charge in [0, 0.05) is 31.6 Å². The maximum Gasteiger partial charge on any atom is 0.254 e. The Balaban J connectivity index is 2.22. The molecule has 0 aromatic heterocycles. The zero-order valence-electron chi connectivity index (χ0n) is 10.6. The number of hydrogen-bond acceptors (Lipinski definition) is 4. The smallest absolute Gasteiger partial charge is 0.254 e. The molecule has 1 aliphatic heterocycles. The fourth-order valence-electron chi connectivity index (χ4n) is 1.99. The molecule has 1 aliphatic rings. The van der Waals surface area contributed by atoms with Gasteiger partial charge in [-0.1, -0.05) is 0 Å². The first-order valence-electron chi connectivity index (χ1n) is 6.04. The molecule has 0 saturated carbocycles. The van der Waals surface area contributed by atoms with Gasteiger partial charge >= 0.3 is 0 Å². The van der Waals surface area contributed by atoms with Crippen LogP contribution in [0.15, 0.2) is 12.1 Å². The lowest BCUT2D eigenvalue weighted by Gasteiger charge is -2.20. The summed E-state index contributed by atoms with van der Waals surface area (Å²) < 4.78 is 27.1. The SMILES string of the molecule is NNc1c(F)cc(C(=O)N2CCNC(=O)CC2)cc1F. The summed E-state index contributed by atoms with van der Waals surface area (Å²) >= 11 is 0. The van der Waals surface area contributed by atoms with Gasteiger partial charge in [0.2, 0.25) is 5.91 Å². The van der Waals surface area contributed by atoms with Gasteiger partial charge in [0.15, 0.2) is 11.6 Å². The summed E-state index contributed by atoms with van der Waals surface area (Å²) in [6, 6.07) is 1.83. The number of anilines is 1. The quantitative estimate of drug-likeness (QED) is 0.535. The Hall–Kier alpha value is -2.22. The van der Waals surface area contributed by atoms with Crippen LogP contribution in [-0.4, -0.2) is 36.3 Å². The molecule has 1 saturated heterocycles. The second-order valence-electron chi connectivity index (χ2n) is 4.35. The molecule has 20 heavy (non-hydrogen) atoms. The van der Waals surface area contributed by atoms with Crippen molar-refractivity contribution >= 4 is 17.5 Å². The standard InChI is InChI=1S/C12H14F2N4O2/c13-8-5-7(6-9(14)11(8)17-15)12(20)18-3-1-10(19)16-2-4-18/h5-6,17H,1-4,15H2,(H,16,19). The molecule has 0 bridgehead atoms. The van der Waals surface area contributed by atoms with Crippen LogP contribution in [-0.2, 0) is 4.79 Å². The summed E-state index contributed by atoms with van der Waals surface area (Å²) in [5, 5.41) is 2.61. The Labute approximate surface area is 113 Å². The van der Waals surface area contributed by atoms with E-state index in [2.05, 4.69) is 5.32 Å². The minimum atomic E-state index is -0.945. The summed E-state index contributed by atoms with van der Waals surface area (Å²) in [6.45, 7) is 0.827. The Bertz CT molecular complexity index is 527. The van der Waals surface area contributed by atoms with Gasteiger partial charge in [0.1, 0.15) is 5.69 Å². The molecule has 8 heteroatoms. The minimum absolute atomic E-state index is 0.117. The lowest BCUT2D eigenvalue weighted by molar-refractivity contribution is -0.120. The van der Waals surface area contributed by atoms with E-state index in [0.29, 0.717) is 13.1 Å². The number of benzene rings is 1. The predicted octanol–water partition coefficient (Wildman–Crippen LogP) is 0.212. The van der Waals surface area contributed by atoms with Crippen LogP contribution in [0, 0.1) is 11.6 Å². The number of hydrogen-bond donors (Lipinski definition) is 3. The van der Waals surface area contributed by atoms with Crippen LogP contribution < -0.4 is 16.6 Å². The van der Waals surface area contributed by atoms with E-state index in [1.165, 1.54) is 4.90 Å². The van der Waals surface area contributed by atoms with Crippen molar-refractivity contribution in [1.82, 2.24) is 10.2 Å². The molecule has 108 valence electrons. The van der Waals surface area contributed by atoms with Crippen molar-refractivity contribution in [2.24, 2.45) is 5.84 Å². The van der Waals surface area contributed by atoms with E-state index < -0.39 is 23.2 Å². The third kappa shape index (κ3) is 2.85. The number of amides is 2. The second kappa shape index (κ2) is 5.83. The zero-order chi connectivity index (χ0) is 14.7. The summed E-state index contributed by atoms with van der Waals surface area (Å²) in [6.07, 6.45) is 0.166. The van der Waals surface area contributed by atoms with Gasteiger partial charge in [-0.25, -0.2) is 8.78 Å². The van der Waals surface area contributed by atoms with E-state index in [0.717, 1.165) is 12.1 Å². The number of carbonyl (C=O) groups excluding carboxylic acids is 2. The number of nitrogens with zero attached hydrogens (tertiary/aromatic N) is 1. The summed E-state index contributed by atoms with van der Waals surface area (Å²) in [5.74, 6) is 2.42. The van der Waals surface area contributed by atoms with Crippen LogP contribution in [0.4, 0.5) is 14.5 Å². The molecule has 2 rings (SSSR count). The van der Waals surface area contributed by atoms with Crippen molar-refractivity contribution in [3.05, 3.63) is 29.3 Å². The minimum Gasteiger partial charge on any atom is -0.354 e. The van der Waals surface area contributed by atoms with Gasteiger partial charge in [0.25, 0.3) is 5.91 Å². The molecule has 4 N–H and O–H groups in total. The maximum atomic E-state index is 13.6. The molecule has 1 aromatic rings. The number of hydrazine groups is 1. The van der Waals surface area contributed by atoms with Crippen LogP contribution in [0.2, 0.25) is 0 Å². The number of rotatable bonds is 2. The van der Waals surface area contributed by atoms with E-state index in [1.807, 2.05) is 5.43 Å². The number of nitrogen functional groups attached to an aromatic ring is 1. The average molecular weight is 284 g/mol. The predicted molar refractivity (Wildman–Crippen MR) is 67.7 cm³/mol. The fraction of sp³-hybridized carbons (Fsp3) is 0.333. The van der Waals surface area contributed by atoms with Crippen LogP contribution in [0.1, 0.15) is 16.8 Å². The molecule has 0 unspecified atom stereocenters. The van der Waals surface area contributed by atoms with Gasteiger partial charge < -0.3 is 15.6 Å². The van der Waals surface area contributed by atoms with Crippen molar-refractivity contribution in [3.63, 3.8) is 0 Å². The van der Waals surface area contributed by atoms with Gasteiger partial charge in [-0.3, -0.25) is 15.4 Å². The van der Waals surface area contributed by atoms with Crippen molar-refractivity contribution < 1.29 is 18.4 Å². The number of nitrogens with one attached hydrogen (secondary N) is 2. The Morgan fingerprint density at radius 2 is 1.95 bits per heavy atom. The Morgan fingerprint density at radius 3 is 2.55 bits per heavy atom. The molecule has 0 spiro atoms. The highest BCUT2D eigenvalue weighted by Crippen LogP contribution is 2.20. The summed E-state index contributed by atoms with van der Waals surface area (Å²) in [7, 11) is 0. The fourth-order valence-corrected chi connectivity index (χ4v) is 1.99. The van der Waals surface area contributed by atoms with E-state index in [-0.39, 0.29) is 24.4 Å². The third-order valence-corrected chi connectivity index (χ3v) is 3.03. The maximum absolute atomic E-state index is 13.6. The summed E-state index contributed by atoms with van der Waals surface area (Å²) in [5.41, 5.74) is 1.29. The number of carbonyl (C=O) groups is 2. The highest BCUT2D eigenvalue weighted by molar-refractivity contribution is 5.95. The van der Waals surface area contributed by atoms with E-state index in [1.54, 1.807) is 0 Å². The monoisotopic (exact) mass is 284 g/mol. The molecule has 1 aromatic carbocycles. The van der Waals surface area contributed by atoms with E-state index >= 15 is 0 Å². The first-order chi connectivity index (χ1) is 9.52. The topological polar surface area (TPSA) is 87.5 Å². The van der Waals surface area contributed by atoms with Crippen molar-refractivity contribution in [2.45, 2.75) is 6.42 Å². The van der Waals surface area contributed by atoms with Crippen LogP contribution in [0.3, 0.4) is 0 Å². The Kier molecular flexibility index (Phi) is 4.14. The molecule has 1 fully saturated rings. The molecular weight excluding hydrogens is 270 g/mol. The van der Waals surface area contributed by atoms with E-state index in [9.17, 15) is 18.4 Å².